The smallest absolute Gasteiger partial charge is 0.243 e. The van der Waals surface area contributed by atoms with Gasteiger partial charge in [0.25, 0.3) is 0 Å². The van der Waals surface area contributed by atoms with Gasteiger partial charge in [0.15, 0.2) is 17.3 Å². The SMILES string of the molecule is COc1ccc(/C=C/C(=O)c2ccc(OC)c3c2OC(C)(C)C=C3)cc1OCCCCC(=O)NO. The van der Waals surface area contributed by atoms with Crippen LogP contribution in [0.1, 0.15) is 54.6 Å². The highest BCUT2D eigenvalue weighted by atomic mass is 16.5. The Morgan fingerprint density at radius 1 is 1.06 bits per heavy atom. The Morgan fingerprint density at radius 2 is 1.80 bits per heavy atom. The number of carbonyl (C=O) groups excluding carboxylic acids is 2. The van der Waals surface area contributed by atoms with Crippen LogP contribution in [0.5, 0.6) is 23.0 Å². The van der Waals surface area contributed by atoms with Crippen molar-refractivity contribution in [2.24, 2.45) is 0 Å². The highest BCUT2D eigenvalue weighted by Gasteiger charge is 2.27. The molecule has 1 heterocycles. The molecule has 0 aliphatic carbocycles. The van der Waals surface area contributed by atoms with Gasteiger partial charge in [0.05, 0.1) is 32.0 Å². The van der Waals surface area contributed by atoms with Gasteiger partial charge < -0.3 is 18.9 Å². The minimum absolute atomic E-state index is 0.199. The van der Waals surface area contributed by atoms with Crippen molar-refractivity contribution in [1.29, 1.82) is 0 Å². The van der Waals surface area contributed by atoms with Gasteiger partial charge >= 0.3 is 0 Å². The van der Waals surface area contributed by atoms with Gasteiger partial charge in [-0.2, -0.15) is 0 Å². The van der Waals surface area contributed by atoms with Crippen molar-refractivity contribution < 1.29 is 33.7 Å². The van der Waals surface area contributed by atoms with E-state index in [1.165, 1.54) is 6.08 Å². The zero-order valence-corrected chi connectivity index (χ0v) is 20.4. The number of amides is 1. The van der Waals surface area contributed by atoms with Crippen LogP contribution in [0.15, 0.2) is 42.5 Å². The highest BCUT2D eigenvalue weighted by molar-refractivity contribution is 6.09. The van der Waals surface area contributed by atoms with Crippen LogP contribution in [0.4, 0.5) is 0 Å². The molecule has 2 aromatic rings. The zero-order chi connectivity index (χ0) is 25.4. The number of hydroxylamine groups is 1. The first-order chi connectivity index (χ1) is 16.8. The number of fused-ring (bicyclic) bond motifs is 1. The zero-order valence-electron chi connectivity index (χ0n) is 20.4. The molecule has 35 heavy (non-hydrogen) atoms. The predicted octanol–water partition coefficient (Wildman–Crippen LogP) is 4.84. The molecular formula is C27H31NO7. The topological polar surface area (TPSA) is 103 Å². The van der Waals surface area contributed by atoms with Gasteiger partial charge in [-0.05, 0) is 74.7 Å². The van der Waals surface area contributed by atoms with Crippen LogP contribution >= 0.6 is 0 Å². The number of benzene rings is 2. The Hall–Kier alpha value is -3.78. The Labute approximate surface area is 205 Å². The van der Waals surface area contributed by atoms with Crippen molar-refractivity contribution in [3.8, 4) is 23.0 Å². The first-order valence-corrected chi connectivity index (χ1v) is 11.3. The van der Waals surface area contributed by atoms with Crippen molar-refractivity contribution in [2.75, 3.05) is 20.8 Å². The molecule has 0 unspecified atom stereocenters. The molecule has 0 bridgehead atoms. The molecular weight excluding hydrogens is 450 g/mol. The van der Waals surface area contributed by atoms with E-state index in [1.54, 1.807) is 50.0 Å². The van der Waals surface area contributed by atoms with Crippen LogP contribution in [0.3, 0.4) is 0 Å². The number of ketones is 1. The molecule has 2 aromatic carbocycles. The van der Waals surface area contributed by atoms with Gasteiger partial charge in [0.1, 0.15) is 17.1 Å². The van der Waals surface area contributed by atoms with Crippen LogP contribution in [0.2, 0.25) is 0 Å². The molecule has 0 saturated carbocycles. The molecule has 0 spiro atoms. The van der Waals surface area contributed by atoms with Gasteiger partial charge in [0.2, 0.25) is 5.91 Å². The van der Waals surface area contributed by atoms with Gasteiger partial charge in [-0.1, -0.05) is 12.1 Å². The lowest BCUT2D eigenvalue weighted by Crippen LogP contribution is -2.28. The van der Waals surface area contributed by atoms with E-state index < -0.39 is 11.5 Å². The molecule has 1 aliphatic heterocycles. The standard InChI is InChI=1S/C27H31NO7/c1-27(2)15-14-20-22(32-3)13-10-19(26(20)35-27)21(29)11-8-18-9-12-23(33-4)24(17-18)34-16-6-5-7-25(30)28-31/h8-15,17,31H,5-7,16H2,1-4H3,(H,28,30)/b11-8+. The largest absolute Gasteiger partial charge is 0.496 e. The number of allylic oxidation sites excluding steroid dienone is 1. The summed E-state index contributed by atoms with van der Waals surface area (Å²) in [6.07, 6.45) is 8.47. The Morgan fingerprint density at radius 3 is 2.51 bits per heavy atom. The fourth-order valence-corrected chi connectivity index (χ4v) is 3.60. The van der Waals surface area contributed by atoms with Crippen LogP contribution in [-0.2, 0) is 4.79 Å². The summed E-state index contributed by atoms with van der Waals surface area (Å²) in [5, 5.41) is 8.54. The molecule has 0 atom stereocenters. The quantitative estimate of drug-likeness (QED) is 0.156. The van der Waals surface area contributed by atoms with Crippen molar-refractivity contribution in [1.82, 2.24) is 5.48 Å². The summed E-state index contributed by atoms with van der Waals surface area (Å²) in [6, 6.07) is 8.85. The molecule has 0 saturated heterocycles. The van der Waals surface area contributed by atoms with Crippen LogP contribution in [0, 0.1) is 0 Å². The molecule has 0 radical (unpaired) electrons. The summed E-state index contributed by atoms with van der Waals surface area (Å²) in [5.41, 5.74) is 3.02. The minimum atomic E-state index is -0.539. The number of carbonyl (C=O) groups is 2. The molecule has 186 valence electrons. The summed E-state index contributed by atoms with van der Waals surface area (Å²) in [5.74, 6) is 1.61. The van der Waals surface area contributed by atoms with Crippen molar-refractivity contribution in [2.45, 2.75) is 38.7 Å². The van der Waals surface area contributed by atoms with Gasteiger partial charge in [-0.3, -0.25) is 14.8 Å². The lowest BCUT2D eigenvalue weighted by molar-refractivity contribution is -0.129. The summed E-state index contributed by atoms with van der Waals surface area (Å²) >= 11 is 0. The highest BCUT2D eigenvalue weighted by Crippen LogP contribution is 2.40. The normalized spacial score (nSPS) is 13.6. The second-order valence-electron chi connectivity index (χ2n) is 8.55. The van der Waals surface area contributed by atoms with Gasteiger partial charge in [0, 0.05) is 6.42 Å². The molecule has 0 aromatic heterocycles. The fraction of sp³-hybridized carbons (Fsp3) is 0.333. The summed E-state index contributed by atoms with van der Waals surface area (Å²) in [4.78, 5) is 24.2. The van der Waals surface area contributed by atoms with Crippen molar-refractivity contribution in [3.63, 3.8) is 0 Å². The van der Waals surface area contributed by atoms with Gasteiger partial charge in [-0.15, -0.1) is 0 Å². The second-order valence-corrected chi connectivity index (χ2v) is 8.55. The van der Waals surface area contributed by atoms with E-state index in [2.05, 4.69) is 0 Å². The number of methoxy groups -OCH3 is 2. The fourth-order valence-electron chi connectivity index (χ4n) is 3.60. The number of hydrogen-bond donors (Lipinski definition) is 2. The molecule has 3 rings (SSSR count). The number of rotatable bonds is 11. The van der Waals surface area contributed by atoms with E-state index in [-0.39, 0.29) is 12.2 Å². The second kappa shape index (κ2) is 11.6. The van der Waals surface area contributed by atoms with E-state index in [4.69, 9.17) is 24.2 Å². The monoisotopic (exact) mass is 481 g/mol. The molecule has 2 N–H and O–H groups in total. The lowest BCUT2D eigenvalue weighted by atomic mass is 9.97. The summed E-state index contributed by atoms with van der Waals surface area (Å²) < 4.78 is 22.7. The molecule has 1 aliphatic rings. The number of ether oxygens (including phenoxy) is 4. The third kappa shape index (κ3) is 6.64. The third-order valence-corrected chi connectivity index (χ3v) is 5.45. The van der Waals surface area contributed by atoms with E-state index in [0.29, 0.717) is 48.0 Å². The van der Waals surface area contributed by atoms with E-state index in [1.807, 2.05) is 32.1 Å². The predicted molar refractivity (Wildman–Crippen MR) is 132 cm³/mol. The Bertz CT molecular complexity index is 1130. The number of nitrogens with one attached hydrogen (secondary N) is 1. The lowest BCUT2D eigenvalue weighted by Gasteiger charge is -2.29. The van der Waals surface area contributed by atoms with E-state index in [9.17, 15) is 9.59 Å². The molecule has 0 fully saturated rings. The van der Waals surface area contributed by atoms with E-state index in [0.717, 1.165) is 11.1 Å². The Balaban J connectivity index is 1.74. The van der Waals surface area contributed by atoms with Crippen LogP contribution in [-0.4, -0.2) is 43.3 Å². The minimum Gasteiger partial charge on any atom is -0.496 e. The third-order valence-electron chi connectivity index (χ3n) is 5.45. The maximum Gasteiger partial charge on any atom is 0.243 e. The average molecular weight is 482 g/mol. The maximum absolute atomic E-state index is 13.1. The summed E-state index contributed by atoms with van der Waals surface area (Å²) in [7, 11) is 3.13. The van der Waals surface area contributed by atoms with Crippen LogP contribution < -0.4 is 24.4 Å². The van der Waals surface area contributed by atoms with Crippen LogP contribution in [0.25, 0.3) is 12.2 Å². The van der Waals surface area contributed by atoms with Crippen molar-refractivity contribution in [3.05, 3.63) is 59.2 Å². The number of unbranched alkanes of at least 4 members (excludes halogenated alkanes) is 1. The molecule has 1 amide bonds. The first kappa shape index (κ1) is 25.8. The average Bonchev–Trinajstić information content (AvgIpc) is 2.85. The maximum atomic E-state index is 13.1. The summed E-state index contributed by atoms with van der Waals surface area (Å²) in [6.45, 7) is 4.23. The van der Waals surface area contributed by atoms with Crippen molar-refractivity contribution >= 4 is 23.8 Å². The van der Waals surface area contributed by atoms with E-state index >= 15 is 0 Å². The molecule has 8 nitrogen and oxygen atoms in total. The Kier molecular flexibility index (Phi) is 8.54. The molecule has 8 heteroatoms. The number of hydrogen-bond acceptors (Lipinski definition) is 7. The first-order valence-electron chi connectivity index (χ1n) is 11.3. The van der Waals surface area contributed by atoms with Gasteiger partial charge in [-0.25, -0.2) is 5.48 Å².